The van der Waals surface area contributed by atoms with Crippen LogP contribution in [0, 0.1) is 0 Å². The summed E-state index contributed by atoms with van der Waals surface area (Å²) in [5.41, 5.74) is 9.29. The zero-order valence-electron chi connectivity index (χ0n) is 38.8. The maximum absolute atomic E-state index is 5.65. The van der Waals surface area contributed by atoms with E-state index in [1.165, 1.54) is 0 Å². The van der Waals surface area contributed by atoms with E-state index in [-0.39, 0.29) is 0 Å². The van der Waals surface area contributed by atoms with Crippen molar-refractivity contribution in [3.63, 3.8) is 0 Å². The second kappa shape index (κ2) is 18.4. The largest absolute Gasteiger partial charge is 0.497 e. The van der Waals surface area contributed by atoms with Crippen molar-refractivity contribution in [2.75, 3.05) is 43.1 Å². The van der Waals surface area contributed by atoms with Crippen LogP contribution in [0.3, 0.4) is 0 Å². The van der Waals surface area contributed by atoms with Crippen molar-refractivity contribution in [1.82, 2.24) is 0 Å². The first-order valence-electron chi connectivity index (χ1n) is 23.0. The minimum Gasteiger partial charge on any atom is -0.497 e. The van der Waals surface area contributed by atoms with Crippen LogP contribution in [-0.2, 0) is 0 Å². The SMILES string of the molecule is COc1ccc(N(c2ccc(OC)cc2)c2c3ccccc3c(N(c3ccccc3)c3c4ccccc4c(N(c4ccc(OC)cc4)c4ccc(OC)cc4)c4ccccc34)c3ccccc23)cc1. The van der Waals surface area contributed by atoms with E-state index in [0.29, 0.717) is 0 Å². The molecule has 7 nitrogen and oxygen atoms in total. The molecule has 7 heteroatoms. The molecular formula is C62H49N3O4. The molecule has 0 atom stereocenters. The number of para-hydroxylation sites is 1. The van der Waals surface area contributed by atoms with E-state index in [0.717, 1.165) is 117 Å². The highest BCUT2D eigenvalue weighted by molar-refractivity contribution is 6.28. The summed E-state index contributed by atoms with van der Waals surface area (Å²) in [5, 5.41) is 8.75. The van der Waals surface area contributed by atoms with Crippen molar-refractivity contribution in [2.24, 2.45) is 0 Å². The Labute approximate surface area is 402 Å². The highest BCUT2D eigenvalue weighted by atomic mass is 16.5. The van der Waals surface area contributed by atoms with Crippen LogP contribution < -0.4 is 33.6 Å². The Morgan fingerprint density at radius 3 is 0.609 bits per heavy atom. The van der Waals surface area contributed by atoms with Gasteiger partial charge in [-0.3, -0.25) is 0 Å². The van der Waals surface area contributed by atoms with E-state index in [1.807, 2.05) is 48.5 Å². The lowest BCUT2D eigenvalue weighted by Gasteiger charge is -2.35. The first-order valence-corrected chi connectivity index (χ1v) is 23.0. The van der Waals surface area contributed by atoms with E-state index >= 15 is 0 Å². The molecule has 0 N–H and O–H groups in total. The van der Waals surface area contributed by atoms with Crippen molar-refractivity contribution in [1.29, 1.82) is 0 Å². The highest BCUT2D eigenvalue weighted by Crippen LogP contribution is 2.55. The second-order valence-corrected chi connectivity index (χ2v) is 16.7. The third-order valence-corrected chi connectivity index (χ3v) is 13.0. The van der Waals surface area contributed by atoms with Gasteiger partial charge < -0.3 is 33.6 Å². The number of methoxy groups -OCH3 is 4. The number of rotatable bonds is 13. The van der Waals surface area contributed by atoms with Crippen LogP contribution in [0.2, 0.25) is 0 Å². The number of benzene rings is 11. The van der Waals surface area contributed by atoms with Gasteiger partial charge in [0.15, 0.2) is 0 Å². The topological polar surface area (TPSA) is 46.6 Å². The summed E-state index contributed by atoms with van der Waals surface area (Å²) < 4.78 is 22.6. The van der Waals surface area contributed by atoms with E-state index < -0.39 is 0 Å². The molecule has 0 unspecified atom stereocenters. The van der Waals surface area contributed by atoms with Gasteiger partial charge in [-0.2, -0.15) is 0 Å². The third kappa shape index (κ3) is 7.60. The molecule has 0 bridgehead atoms. The predicted octanol–water partition coefficient (Wildman–Crippen LogP) is 16.7. The standard InChI is InChI=1S/C62H49N3O4/c1-66-47-34-26-43(27-35-47)63(44-28-36-48(67-2)37-29-44)59-51-18-8-12-22-55(51)61(56-23-13-9-19-52(56)59)65(42-16-6-5-7-17-42)62-57-24-14-10-20-53(57)60(54-21-11-15-25-58(54)62)64(45-30-38-49(68-3)39-31-45)46-32-40-50(69-4)41-33-46/h5-41H,1-4H3. The van der Waals surface area contributed by atoms with Gasteiger partial charge >= 0.3 is 0 Å². The van der Waals surface area contributed by atoms with E-state index in [1.54, 1.807) is 28.4 Å². The van der Waals surface area contributed by atoms with Crippen molar-refractivity contribution in [3.8, 4) is 23.0 Å². The van der Waals surface area contributed by atoms with Gasteiger partial charge in [0.2, 0.25) is 0 Å². The first kappa shape index (κ1) is 42.7. The molecule has 0 spiro atoms. The van der Waals surface area contributed by atoms with Crippen LogP contribution in [0.4, 0.5) is 51.2 Å². The van der Waals surface area contributed by atoms with Crippen molar-refractivity contribution >= 4 is 94.3 Å². The molecule has 0 amide bonds. The molecule has 0 saturated heterocycles. The van der Waals surface area contributed by atoms with Gasteiger partial charge in [0.25, 0.3) is 0 Å². The fourth-order valence-corrected chi connectivity index (χ4v) is 9.82. The van der Waals surface area contributed by atoms with Crippen molar-refractivity contribution in [2.45, 2.75) is 0 Å². The molecule has 0 fully saturated rings. The highest BCUT2D eigenvalue weighted by Gasteiger charge is 2.29. The van der Waals surface area contributed by atoms with Crippen LogP contribution in [0.15, 0.2) is 224 Å². The number of ether oxygens (including phenoxy) is 4. The molecule has 0 aromatic heterocycles. The Morgan fingerprint density at radius 1 is 0.203 bits per heavy atom. The van der Waals surface area contributed by atoms with Crippen LogP contribution in [-0.4, -0.2) is 28.4 Å². The van der Waals surface area contributed by atoms with Gasteiger partial charge in [-0.25, -0.2) is 0 Å². The smallest absolute Gasteiger partial charge is 0.119 e. The predicted molar refractivity (Wildman–Crippen MR) is 287 cm³/mol. The molecule has 11 aromatic carbocycles. The van der Waals surface area contributed by atoms with Gasteiger partial charge in [0, 0.05) is 71.5 Å². The van der Waals surface area contributed by atoms with Gasteiger partial charge in [-0.05, 0) is 109 Å². The summed E-state index contributed by atoms with van der Waals surface area (Å²) in [7, 11) is 6.80. The Kier molecular flexibility index (Phi) is 11.4. The van der Waals surface area contributed by atoms with Crippen LogP contribution in [0.25, 0.3) is 43.1 Å². The summed E-state index contributed by atoms with van der Waals surface area (Å²) in [5.74, 6) is 3.16. The molecule has 11 aromatic rings. The van der Waals surface area contributed by atoms with E-state index in [4.69, 9.17) is 18.9 Å². The zero-order chi connectivity index (χ0) is 46.8. The normalized spacial score (nSPS) is 11.2. The molecule has 0 heterocycles. The molecule has 0 radical (unpaired) electrons. The lowest BCUT2D eigenvalue weighted by molar-refractivity contribution is 0.414. The molecule has 0 saturated carbocycles. The van der Waals surface area contributed by atoms with E-state index in [9.17, 15) is 0 Å². The Morgan fingerprint density at radius 2 is 0.391 bits per heavy atom. The van der Waals surface area contributed by atoms with Crippen molar-refractivity contribution < 1.29 is 18.9 Å². The Balaban J connectivity index is 1.24. The number of anilines is 9. The van der Waals surface area contributed by atoms with Crippen LogP contribution >= 0.6 is 0 Å². The number of nitrogens with zero attached hydrogens (tertiary/aromatic N) is 3. The molecule has 69 heavy (non-hydrogen) atoms. The summed E-state index contributed by atoms with van der Waals surface area (Å²) >= 11 is 0. The maximum atomic E-state index is 5.65. The summed E-state index contributed by atoms with van der Waals surface area (Å²) in [6.45, 7) is 0. The summed E-state index contributed by atoms with van der Waals surface area (Å²) in [6.07, 6.45) is 0. The lowest BCUT2D eigenvalue weighted by atomic mass is 9.92. The Hall–Kier alpha value is -8.94. The minimum atomic E-state index is 0.790. The molecule has 0 aliphatic heterocycles. The number of hydrogen-bond acceptors (Lipinski definition) is 7. The average molecular weight is 900 g/mol. The first-order chi connectivity index (χ1) is 34.1. The minimum absolute atomic E-state index is 0.790. The van der Waals surface area contributed by atoms with Gasteiger partial charge in [0.1, 0.15) is 23.0 Å². The van der Waals surface area contributed by atoms with Crippen molar-refractivity contribution in [3.05, 3.63) is 224 Å². The summed E-state index contributed by atoms with van der Waals surface area (Å²) in [6, 6.07) is 79.2. The lowest BCUT2D eigenvalue weighted by Crippen LogP contribution is -2.16. The molecular weight excluding hydrogens is 851 g/mol. The second-order valence-electron chi connectivity index (χ2n) is 16.7. The molecule has 0 aliphatic carbocycles. The monoisotopic (exact) mass is 899 g/mol. The van der Waals surface area contributed by atoms with Gasteiger partial charge in [-0.15, -0.1) is 0 Å². The third-order valence-electron chi connectivity index (χ3n) is 13.0. The maximum Gasteiger partial charge on any atom is 0.119 e. The fourth-order valence-electron chi connectivity index (χ4n) is 9.82. The Bertz CT molecular complexity index is 3170. The van der Waals surface area contributed by atoms with Gasteiger partial charge in [-0.1, -0.05) is 115 Å². The van der Waals surface area contributed by atoms with Crippen LogP contribution in [0.5, 0.6) is 23.0 Å². The fraction of sp³-hybridized carbons (Fsp3) is 0.0645. The number of hydrogen-bond donors (Lipinski definition) is 0. The zero-order valence-corrected chi connectivity index (χ0v) is 38.8. The summed E-state index contributed by atoms with van der Waals surface area (Å²) in [4.78, 5) is 7.21. The quantitative estimate of drug-likeness (QED) is 0.0844. The molecule has 336 valence electrons. The van der Waals surface area contributed by atoms with Gasteiger partial charge in [0.05, 0.1) is 51.2 Å². The average Bonchev–Trinajstić information content (AvgIpc) is 3.42. The van der Waals surface area contributed by atoms with E-state index in [2.05, 4.69) is 191 Å². The molecule has 0 aliphatic rings. The number of fused-ring (bicyclic) bond motifs is 4. The molecule has 11 rings (SSSR count). The van der Waals surface area contributed by atoms with Crippen LogP contribution in [0.1, 0.15) is 0 Å².